The van der Waals surface area contributed by atoms with Gasteiger partial charge in [-0.1, -0.05) is 0 Å². The van der Waals surface area contributed by atoms with E-state index in [4.69, 9.17) is 0 Å². The zero-order valence-corrected chi connectivity index (χ0v) is 11.5. The molecule has 0 amide bonds. The summed E-state index contributed by atoms with van der Waals surface area (Å²) in [7, 11) is 0. The van der Waals surface area contributed by atoms with Gasteiger partial charge < -0.3 is 9.67 Å². The lowest BCUT2D eigenvalue weighted by atomic mass is 9.95. The zero-order valence-electron chi connectivity index (χ0n) is 11.5. The fourth-order valence-electron chi connectivity index (χ4n) is 3.00. The molecule has 1 unspecified atom stereocenters. The molecular formula is C15H15FN2O3. The average Bonchev–Trinajstić information content (AvgIpc) is 2.77. The Labute approximate surface area is 120 Å². The number of rotatable bonds is 2. The first-order chi connectivity index (χ1) is 9.99. The topological polar surface area (TPSA) is 68.3 Å². The first-order valence-corrected chi connectivity index (χ1v) is 6.82. The molecule has 0 spiro atoms. The molecule has 3 rings (SSSR count). The molecule has 2 aromatic rings. The predicted molar refractivity (Wildman–Crippen MR) is 75.0 cm³/mol. The fourth-order valence-corrected chi connectivity index (χ4v) is 3.00. The number of hydrogen-bond donors (Lipinski definition) is 1. The van der Waals surface area contributed by atoms with Crippen molar-refractivity contribution in [1.82, 2.24) is 4.57 Å². The van der Waals surface area contributed by atoms with Gasteiger partial charge in [-0.2, -0.15) is 0 Å². The molecule has 1 aliphatic carbocycles. The Morgan fingerprint density at radius 1 is 1.43 bits per heavy atom. The number of aryl methyl sites for hydroxylation is 1. The maximum atomic E-state index is 14.1. The van der Waals surface area contributed by atoms with Crippen LogP contribution in [-0.4, -0.2) is 14.6 Å². The molecule has 0 bridgehead atoms. The molecule has 1 N–H and O–H groups in total. The van der Waals surface area contributed by atoms with Crippen molar-refractivity contribution in [1.29, 1.82) is 0 Å². The molecule has 0 fully saturated rings. The molecule has 110 valence electrons. The van der Waals surface area contributed by atoms with Gasteiger partial charge in [-0.15, -0.1) is 0 Å². The first kappa shape index (κ1) is 13.8. The third kappa shape index (κ3) is 2.21. The van der Waals surface area contributed by atoms with E-state index < -0.39 is 16.8 Å². The SMILES string of the molecule is Cc1cc2c(n1-c1cc([N+](=O)[O-])ccc1F)CCCC2O. The maximum absolute atomic E-state index is 14.1. The van der Waals surface area contributed by atoms with Gasteiger partial charge in [-0.05, 0) is 38.3 Å². The highest BCUT2D eigenvalue weighted by atomic mass is 19.1. The van der Waals surface area contributed by atoms with E-state index in [-0.39, 0.29) is 11.4 Å². The number of halogens is 1. The largest absolute Gasteiger partial charge is 0.388 e. The summed E-state index contributed by atoms with van der Waals surface area (Å²) in [5.74, 6) is -0.512. The van der Waals surface area contributed by atoms with Crippen LogP contribution in [0.2, 0.25) is 0 Å². The molecule has 5 nitrogen and oxygen atoms in total. The fraction of sp³-hybridized carbons (Fsp3) is 0.333. The minimum atomic E-state index is -0.546. The number of aromatic nitrogens is 1. The smallest absolute Gasteiger partial charge is 0.271 e. The molecule has 1 atom stereocenters. The van der Waals surface area contributed by atoms with E-state index in [2.05, 4.69) is 0 Å². The van der Waals surface area contributed by atoms with Gasteiger partial charge in [0.15, 0.2) is 0 Å². The summed E-state index contributed by atoms with van der Waals surface area (Å²) in [5.41, 5.74) is 2.41. The Bertz CT molecular complexity index is 724. The molecular weight excluding hydrogens is 275 g/mol. The van der Waals surface area contributed by atoms with Crippen LogP contribution in [0.15, 0.2) is 24.3 Å². The minimum absolute atomic E-state index is 0.149. The molecule has 1 aliphatic rings. The summed E-state index contributed by atoms with van der Waals surface area (Å²) >= 11 is 0. The van der Waals surface area contributed by atoms with Gasteiger partial charge in [0.05, 0.1) is 16.7 Å². The summed E-state index contributed by atoms with van der Waals surface area (Å²) in [6, 6.07) is 5.33. The molecule has 1 heterocycles. The van der Waals surface area contributed by atoms with Gasteiger partial charge >= 0.3 is 0 Å². The molecule has 6 heteroatoms. The first-order valence-electron chi connectivity index (χ1n) is 6.82. The Balaban J connectivity index is 2.21. The van der Waals surface area contributed by atoms with Crippen molar-refractivity contribution in [2.45, 2.75) is 32.3 Å². The van der Waals surface area contributed by atoms with E-state index in [9.17, 15) is 19.6 Å². The number of aliphatic hydroxyl groups excluding tert-OH is 1. The number of benzene rings is 1. The number of nitro groups is 1. The normalized spacial score (nSPS) is 17.6. The van der Waals surface area contributed by atoms with Crippen LogP contribution in [0.4, 0.5) is 10.1 Å². The summed E-state index contributed by atoms with van der Waals surface area (Å²) in [4.78, 5) is 10.4. The van der Waals surface area contributed by atoms with E-state index in [0.29, 0.717) is 6.42 Å². The number of nitrogens with zero attached hydrogens (tertiary/aromatic N) is 2. The third-order valence-electron chi connectivity index (χ3n) is 3.95. The molecule has 0 aliphatic heterocycles. The van der Waals surface area contributed by atoms with Crippen molar-refractivity contribution in [2.24, 2.45) is 0 Å². The van der Waals surface area contributed by atoms with Crippen LogP contribution in [0.1, 0.15) is 35.9 Å². The van der Waals surface area contributed by atoms with E-state index in [0.717, 1.165) is 41.9 Å². The van der Waals surface area contributed by atoms with Crippen LogP contribution in [-0.2, 0) is 6.42 Å². The third-order valence-corrected chi connectivity index (χ3v) is 3.95. The highest BCUT2D eigenvalue weighted by molar-refractivity contribution is 5.49. The number of non-ortho nitro benzene ring substituents is 1. The van der Waals surface area contributed by atoms with Crippen molar-refractivity contribution in [3.63, 3.8) is 0 Å². The molecule has 21 heavy (non-hydrogen) atoms. The summed E-state index contributed by atoms with van der Waals surface area (Å²) in [6.45, 7) is 1.81. The predicted octanol–water partition coefficient (Wildman–Crippen LogP) is 3.20. The van der Waals surface area contributed by atoms with Crippen LogP contribution in [0.3, 0.4) is 0 Å². The van der Waals surface area contributed by atoms with Gasteiger partial charge in [0.1, 0.15) is 5.82 Å². The molecule has 0 saturated heterocycles. The molecule has 0 saturated carbocycles. The van der Waals surface area contributed by atoms with Gasteiger partial charge in [0, 0.05) is 29.1 Å². The van der Waals surface area contributed by atoms with E-state index in [1.165, 1.54) is 6.07 Å². The van der Waals surface area contributed by atoms with Crippen molar-refractivity contribution < 1.29 is 14.4 Å². The van der Waals surface area contributed by atoms with E-state index >= 15 is 0 Å². The maximum Gasteiger partial charge on any atom is 0.271 e. The standard InChI is InChI=1S/C15H15FN2O3/c1-9-7-11-13(3-2-4-15(11)19)17(9)14-8-10(18(20)21)5-6-12(14)16/h5-8,15,19H,2-4H2,1H3. The van der Waals surface area contributed by atoms with Crippen LogP contribution in [0.5, 0.6) is 0 Å². The Kier molecular flexibility index (Phi) is 3.25. The van der Waals surface area contributed by atoms with E-state index in [1.807, 2.05) is 13.0 Å². The lowest BCUT2D eigenvalue weighted by Gasteiger charge is -2.20. The average molecular weight is 290 g/mol. The second-order valence-corrected chi connectivity index (χ2v) is 5.32. The van der Waals surface area contributed by atoms with Gasteiger partial charge in [0.2, 0.25) is 0 Å². The second-order valence-electron chi connectivity index (χ2n) is 5.32. The summed E-state index contributed by atoms with van der Waals surface area (Å²) in [6.07, 6.45) is 1.68. The Morgan fingerprint density at radius 3 is 2.90 bits per heavy atom. The van der Waals surface area contributed by atoms with Gasteiger partial charge in [0.25, 0.3) is 5.69 Å². The Morgan fingerprint density at radius 2 is 2.19 bits per heavy atom. The summed E-state index contributed by atoms with van der Waals surface area (Å²) in [5, 5.41) is 20.9. The van der Waals surface area contributed by atoms with Crippen LogP contribution < -0.4 is 0 Å². The zero-order chi connectivity index (χ0) is 15.1. The van der Waals surface area contributed by atoms with Crippen LogP contribution in [0, 0.1) is 22.9 Å². The molecule has 1 aromatic carbocycles. The summed E-state index contributed by atoms with van der Waals surface area (Å²) < 4.78 is 15.8. The van der Waals surface area contributed by atoms with Crippen molar-refractivity contribution >= 4 is 5.69 Å². The lowest BCUT2D eigenvalue weighted by molar-refractivity contribution is -0.384. The number of fused-ring (bicyclic) bond motifs is 1. The van der Waals surface area contributed by atoms with Gasteiger partial charge in [-0.25, -0.2) is 4.39 Å². The van der Waals surface area contributed by atoms with Crippen molar-refractivity contribution in [3.05, 3.63) is 57.1 Å². The van der Waals surface area contributed by atoms with E-state index in [1.54, 1.807) is 4.57 Å². The van der Waals surface area contributed by atoms with Crippen molar-refractivity contribution in [3.8, 4) is 5.69 Å². The van der Waals surface area contributed by atoms with Crippen LogP contribution in [0.25, 0.3) is 5.69 Å². The van der Waals surface area contributed by atoms with Crippen molar-refractivity contribution in [2.75, 3.05) is 0 Å². The highest BCUT2D eigenvalue weighted by Gasteiger charge is 2.25. The number of aliphatic hydroxyl groups is 1. The molecule has 1 aromatic heterocycles. The van der Waals surface area contributed by atoms with Crippen LogP contribution >= 0.6 is 0 Å². The number of nitro benzene ring substituents is 1. The minimum Gasteiger partial charge on any atom is -0.388 e. The lowest BCUT2D eigenvalue weighted by Crippen LogP contribution is -2.12. The number of hydrogen-bond acceptors (Lipinski definition) is 3. The highest BCUT2D eigenvalue weighted by Crippen LogP contribution is 2.35. The second kappa shape index (κ2) is 4.96. The monoisotopic (exact) mass is 290 g/mol. The quantitative estimate of drug-likeness (QED) is 0.682. The molecule has 0 radical (unpaired) electrons. The van der Waals surface area contributed by atoms with Gasteiger partial charge in [-0.3, -0.25) is 10.1 Å². The Hall–Kier alpha value is -2.21.